The van der Waals surface area contributed by atoms with E-state index >= 15 is 0 Å². The van der Waals surface area contributed by atoms with E-state index in [4.69, 9.17) is 0 Å². The second kappa shape index (κ2) is 17.0. The van der Waals surface area contributed by atoms with Gasteiger partial charge < -0.3 is 21.1 Å². The topological polar surface area (TPSA) is 102 Å². The molecule has 41 heavy (non-hydrogen) atoms. The Morgan fingerprint density at radius 2 is 1.24 bits per heavy atom. The lowest BCUT2D eigenvalue weighted by Gasteiger charge is -2.23. The number of aliphatic carboxylic acids is 1. The molecule has 0 radical (unpaired) electrons. The zero-order valence-electron chi connectivity index (χ0n) is 23.5. The number of nitrogens with zero attached hydrogens (tertiary/aromatic N) is 3. The molecule has 0 aliphatic carbocycles. The molecule has 2 aromatic carbocycles. The number of nitrogens with one attached hydrogen (secondary N) is 3. The number of carbonyl (C=O) groups is 1. The van der Waals surface area contributed by atoms with Crippen molar-refractivity contribution in [3.8, 4) is 0 Å². The number of rotatable bonds is 18. The first kappa shape index (κ1) is 30.0. The van der Waals surface area contributed by atoms with Gasteiger partial charge in [0.1, 0.15) is 6.04 Å². The summed E-state index contributed by atoms with van der Waals surface area (Å²) in [5.74, 6) is -0.838. The molecule has 1 atom stereocenters. The Morgan fingerprint density at radius 3 is 1.78 bits per heavy atom. The molecule has 0 fully saturated rings. The third-order valence-corrected chi connectivity index (χ3v) is 6.84. The van der Waals surface area contributed by atoms with Gasteiger partial charge in [0, 0.05) is 64.8 Å². The van der Waals surface area contributed by atoms with Gasteiger partial charge in [0.05, 0.1) is 11.4 Å². The molecule has 4 aromatic rings. The maximum atomic E-state index is 11.8. The number of carboxylic acids is 1. The summed E-state index contributed by atoms with van der Waals surface area (Å²) in [5.41, 5.74) is 5.37. The summed E-state index contributed by atoms with van der Waals surface area (Å²) in [4.78, 5) is 23.0. The van der Waals surface area contributed by atoms with Crippen LogP contribution >= 0.6 is 0 Å². The maximum Gasteiger partial charge on any atom is 0.321 e. The first-order valence-corrected chi connectivity index (χ1v) is 14.2. The average molecular weight is 553 g/mol. The third-order valence-electron chi connectivity index (χ3n) is 6.84. The highest BCUT2D eigenvalue weighted by Crippen LogP contribution is 2.10. The molecule has 214 valence electrons. The molecule has 4 N–H and O–H groups in total. The van der Waals surface area contributed by atoms with E-state index < -0.39 is 12.0 Å². The van der Waals surface area contributed by atoms with Crippen molar-refractivity contribution < 1.29 is 9.90 Å². The van der Waals surface area contributed by atoms with Crippen LogP contribution in [-0.2, 0) is 37.4 Å². The van der Waals surface area contributed by atoms with Crippen LogP contribution in [0.2, 0.25) is 0 Å². The van der Waals surface area contributed by atoms with E-state index in [0.29, 0.717) is 13.0 Å². The molecular weight excluding hydrogens is 512 g/mol. The summed E-state index contributed by atoms with van der Waals surface area (Å²) >= 11 is 0. The largest absolute Gasteiger partial charge is 0.480 e. The van der Waals surface area contributed by atoms with Gasteiger partial charge in [-0.1, -0.05) is 66.7 Å². The van der Waals surface area contributed by atoms with Crippen molar-refractivity contribution in [2.45, 2.75) is 38.6 Å². The molecule has 0 spiro atoms. The Kier molecular flexibility index (Phi) is 12.4. The van der Waals surface area contributed by atoms with Crippen molar-refractivity contribution >= 4 is 5.97 Å². The van der Waals surface area contributed by atoms with Gasteiger partial charge in [0.2, 0.25) is 0 Å². The minimum atomic E-state index is -0.838. The predicted octanol–water partition coefficient (Wildman–Crippen LogP) is 3.64. The fraction of sp³-hybridized carbons (Fsp3) is 0.303. The Hall–Kier alpha value is -3.95. The minimum Gasteiger partial charge on any atom is -0.480 e. The summed E-state index contributed by atoms with van der Waals surface area (Å²) in [6.07, 6.45) is 4.09. The SMILES string of the molecule is O=C(O)[C@@H](Cc1ccccc1)NCc1ccc(CN(CCNCc2ccccn2)CCNCc2ccccn2)cc1. The smallest absolute Gasteiger partial charge is 0.321 e. The molecule has 2 heterocycles. The fourth-order valence-electron chi connectivity index (χ4n) is 4.54. The van der Waals surface area contributed by atoms with Crippen molar-refractivity contribution in [3.63, 3.8) is 0 Å². The van der Waals surface area contributed by atoms with Crippen LogP contribution in [-0.4, -0.2) is 58.2 Å². The van der Waals surface area contributed by atoms with Gasteiger partial charge in [0.15, 0.2) is 0 Å². The van der Waals surface area contributed by atoms with Crippen LogP contribution in [0.1, 0.15) is 28.1 Å². The lowest BCUT2D eigenvalue weighted by molar-refractivity contribution is -0.139. The predicted molar refractivity (Wildman–Crippen MR) is 162 cm³/mol. The van der Waals surface area contributed by atoms with Gasteiger partial charge in [-0.3, -0.25) is 19.7 Å². The minimum absolute atomic E-state index is 0.450. The molecule has 4 rings (SSSR count). The Bertz CT molecular complexity index is 1230. The summed E-state index contributed by atoms with van der Waals surface area (Å²) in [6.45, 7) is 6.35. The normalized spacial score (nSPS) is 11.9. The highest BCUT2D eigenvalue weighted by Gasteiger charge is 2.17. The fourth-order valence-corrected chi connectivity index (χ4v) is 4.54. The summed E-state index contributed by atoms with van der Waals surface area (Å²) < 4.78 is 0. The lowest BCUT2D eigenvalue weighted by atomic mass is 10.1. The lowest BCUT2D eigenvalue weighted by Crippen LogP contribution is -2.38. The quantitative estimate of drug-likeness (QED) is 0.139. The molecule has 0 amide bonds. The van der Waals surface area contributed by atoms with E-state index in [9.17, 15) is 9.90 Å². The van der Waals surface area contributed by atoms with Gasteiger partial charge in [0.25, 0.3) is 0 Å². The highest BCUT2D eigenvalue weighted by molar-refractivity contribution is 5.73. The van der Waals surface area contributed by atoms with Gasteiger partial charge in [-0.05, 0) is 47.4 Å². The molecule has 0 bridgehead atoms. The van der Waals surface area contributed by atoms with E-state index in [1.54, 1.807) is 0 Å². The number of carboxylic acid groups (broad SMARTS) is 1. The average Bonchev–Trinajstić information content (AvgIpc) is 3.01. The van der Waals surface area contributed by atoms with Crippen molar-refractivity contribution in [3.05, 3.63) is 131 Å². The van der Waals surface area contributed by atoms with Gasteiger partial charge in [-0.2, -0.15) is 0 Å². The first-order chi connectivity index (χ1) is 20.2. The standard InChI is InChI=1S/C33H40N6O2/c40-33(41)32(22-27-8-2-1-3-9-27)38-23-28-12-14-29(15-13-28)26-39(20-18-34-24-30-10-4-6-16-36-30)21-19-35-25-31-11-5-7-17-37-31/h1-17,32,34-35,38H,18-26H2,(H,40,41)/t32-/m1/s1. The number of hydrogen-bond acceptors (Lipinski definition) is 7. The second-order valence-electron chi connectivity index (χ2n) is 10.0. The van der Waals surface area contributed by atoms with Gasteiger partial charge in [-0.15, -0.1) is 0 Å². The molecule has 0 unspecified atom stereocenters. The summed E-state index contributed by atoms with van der Waals surface area (Å²) in [6, 6.07) is 29.5. The molecule has 0 aliphatic rings. The van der Waals surface area contributed by atoms with Crippen LogP contribution in [0.4, 0.5) is 0 Å². The molecule has 0 saturated heterocycles. The van der Waals surface area contributed by atoms with Gasteiger partial charge in [-0.25, -0.2) is 0 Å². The van der Waals surface area contributed by atoms with Crippen molar-refractivity contribution in [1.82, 2.24) is 30.8 Å². The number of hydrogen-bond donors (Lipinski definition) is 4. The summed E-state index contributed by atoms with van der Waals surface area (Å²) in [7, 11) is 0. The molecule has 0 aliphatic heterocycles. The monoisotopic (exact) mass is 552 g/mol. The van der Waals surface area contributed by atoms with Crippen LogP contribution in [0.15, 0.2) is 103 Å². The van der Waals surface area contributed by atoms with Crippen molar-refractivity contribution in [2.24, 2.45) is 0 Å². The van der Waals surface area contributed by atoms with Crippen LogP contribution in [0.5, 0.6) is 0 Å². The molecule has 0 saturated carbocycles. The zero-order valence-corrected chi connectivity index (χ0v) is 23.5. The van der Waals surface area contributed by atoms with Crippen molar-refractivity contribution in [1.29, 1.82) is 0 Å². The Balaban J connectivity index is 1.27. The van der Waals surface area contributed by atoms with E-state index in [1.807, 2.05) is 79.1 Å². The molecular formula is C33H40N6O2. The molecule has 8 nitrogen and oxygen atoms in total. The van der Waals surface area contributed by atoms with E-state index in [0.717, 1.165) is 68.3 Å². The summed E-state index contributed by atoms with van der Waals surface area (Å²) in [5, 5.41) is 19.9. The van der Waals surface area contributed by atoms with E-state index in [1.165, 1.54) is 5.56 Å². The Labute approximate surface area is 242 Å². The molecule has 8 heteroatoms. The highest BCUT2D eigenvalue weighted by atomic mass is 16.4. The number of aromatic nitrogens is 2. The first-order valence-electron chi connectivity index (χ1n) is 14.2. The number of benzene rings is 2. The second-order valence-corrected chi connectivity index (χ2v) is 10.0. The molecule has 2 aromatic heterocycles. The third kappa shape index (κ3) is 11.2. The van der Waals surface area contributed by atoms with Crippen molar-refractivity contribution in [2.75, 3.05) is 26.2 Å². The van der Waals surface area contributed by atoms with E-state index in [2.05, 4.69) is 55.1 Å². The van der Waals surface area contributed by atoms with E-state index in [-0.39, 0.29) is 0 Å². The van der Waals surface area contributed by atoms with Crippen LogP contribution in [0.3, 0.4) is 0 Å². The van der Waals surface area contributed by atoms with Gasteiger partial charge >= 0.3 is 5.97 Å². The Morgan fingerprint density at radius 1 is 0.683 bits per heavy atom. The zero-order chi connectivity index (χ0) is 28.5. The van der Waals surface area contributed by atoms with Crippen LogP contribution in [0.25, 0.3) is 0 Å². The van der Waals surface area contributed by atoms with Crippen LogP contribution in [0, 0.1) is 0 Å². The maximum absolute atomic E-state index is 11.8. The number of pyridine rings is 2. The van der Waals surface area contributed by atoms with Crippen LogP contribution < -0.4 is 16.0 Å².